The predicted octanol–water partition coefficient (Wildman–Crippen LogP) is 3.80. The van der Waals surface area contributed by atoms with E-state index < -0.39 is 6.09 Å². The van der Waals surface area contributed by atoms with E-state index in [0.29, 0.717) is 12.3 Å². The second-order valence-corrected chi connectivity index (χ2v) is 5.81. The lowest BCUT2D eigenvalue weighted by atomic mass is 10.3. The highest BCUT2D eigenvalue weighted by atomic mass is 79.9. The van der Waals surface area contributed by atoms with Crippen LogP contribution in [0.5, 0.6) is 5.75 Å². The molecule has 0 saturated heterocycles. The summed E-state index contributed by atoms with van der Waals surface area (Å²) in [5, 5.41) is 2.69. The number of carbonyl (C=O) groups is 1. The molecule has 0 aliphatic heterocycles. The van der Waals surface area contributed by atoms with Crippen LogP contribution in [-0.4, -0.2) is 6.09 Å². The fourth-order valence-corrected chi connectivity index (χ4v) is 2.66. The molecule has 0 fully saturated rings. The van der Waals surface area contributed by atoms with Crippen molar-refractivity contribution in [3.63, 3.8) is 0 Å². The number of benzene rings is 1. The van der Waals surface area contributed by atoms with Crippen molar-refractivity contribution in [3.05, 3.63) is 51.1 Å². The van der Waals surface area contributed by atoms with Gasteiger partial charge in [0.25, 0.3) is 0 Å². The number of amides is 1. The molecule has 88 valence electrons. The van der Waals surface area contributed by atoms with Crippen LogP contribution in [0.4, 0.5) is 4.79 Å². The first-order valence-electron chi connectivity index (χ1n) is 4.99. The summed E-state index contributed by atoms with van der Waals surface area (Å²) in [6.45, 7) is 0.474. The second-order valence-electron chi connectivity index (χ2n) is 3.26. The number of hydrogen-bond acceptors (Lipinski definition) is 3. The molecule has 3 nitrogen and oxygen atoms in total. The third-order valence-electron chi connectivity index (χ3n) is 1.99. The Bertz CT molecular complexity index is 498. The Hall–Kier alpha value is -1.33. The first-order chi connectivity index (χ1) is 8.24. The molecule has 1 aromatic heterocycles. The van der Waals surface area contributed by atoms with Gasteiger partial charge in [0.05, 0.1) is 10.3 Å². The molecule has 0 bridgehead atoms. The molecule has 0 aliphatic rings. The van der Waals surface area contributed by atoms with Gasteiger partial charge >= 0.3 is 6.09 Å². The molecule has 1 N–H and O–H groups in total. The summed E-state index contributed by atoms with van der Waals surface area (Å²) in [5.41, 5.74) is 0. The Morgan fingerprint density at radius 2 is 2.00 bits per heavy atom. The molecule has 1 amide bonds. The van der Waals surface area contributed by atoms with Crippen LogP contribution in [0.1, 0.15) is 4.88 Å². The van der Waals surface area contributed by atoms with Crippen molar-refractivity contribution >= 4 is 33.4 Å². The average molecular weight is 312 g/mol. The molecule has 5 heteroatoms. The summed E-state index contributed by atoms with van der Waals surface area (Å²) in [6, 6.07) is 12.9. The van der Waals surface area contributed by atoms with Gasteiger partial charge in [-0.3, -0.25) is 0 Å². The quantitative estimate of drug-likeness (QED) is 0.936. The number of nitrogens with one attached hydrogen (secondary N) is 1. The zero-order valence-corrected chi connectivity index (χ0v) is 11.3. The van der Waals surface area contributed by atoms with Crippen molar-refractivity contribution in [2.75, 3.05) is 0 Å². The predicted molar refractivity (Wildman–Crippen MR) is 71.3 cm³/mol. The van der Waals surface area contributed by atoms with Gasteiger partial charge in [0.2, 0.25) is 0 Å². The number of para-hydroxylation sites is 1. The molecule has 0 unspecified atom stereocenters. The van der Waals surface area contributed by atoms with E-state index in [-0.39, 0.29) is 0 Å². The SMILES string of the molecule is O=C(NCc1ccc(Br)s1)Oc1ccccc1. The van der Waals surface area contributed by atoms with Crippen molar-refractivity contribution in [2.24, 2.45) is 0 Å². The molecule has 2 aromatic rings. The van der Waals surface area contributed by atoms with Gasteiger partial charge in [-0.25, -0.2) is 4.79 Å². The summed E-state index contributed by atoms with van der Waals surface area (Å²) in [5.74, 6) is 0.539. The van der Waals surface area contributed by atoms with Gasteiger partial charge in [0, 0.05) is 4.88 Å². The molecule has 0 saturated carbocycles. The fourth-order valence-electron chi connectivity index (χ4n) is 1.24. The molecule has 2 rings (SSSR count). The maximum Gasteiger partial charge on any atom is 0.412 e. The Morgan fingerprint density at radius 1 is 1.24 bits per heavy atom. The van der Waals surface area contributed by atoms with Gasteiger partial charge in [0.1, 0.15) is 5.75 Å². The zero-order chi connectivity index (χ0) is 12.1. The molecule has 0 spiro atoms. The smallest absolute Gasteiger partial charge is 0.410 e. The summed E-state index contributed by atoms with van der Waals surface area (Å²) in [4.78, 5) is 12.5. The van der Waals surface area contributed by atoms with Crippen molar-refractivity contribution in [1.82, 2.24) is 5.32 Å². The molecular formula is C12H10BrNO2S. The van der Waals surface area contributed by atoms with Crippen LogP contribution in [0.3, 0.4) is 0 Å². The molecule has 1 aromatic carbocycles. The lowest BCUT2D eigenvalue weighted by Crippen LogP contribution is -2.25. The van der Waals surface area contributed by atoms with E-state index in [9.17, 15) is 4.79 Å². The van der Waals surface area contributed by atoms with Crippen LogP contribution in [0.15, 0.2) is 46.3 Å². The molecule has 1 heterocycles. The van der Waals surface area contributed by atoms with Crippen molar-refractivity contribution < 1.29 is 9.53 Å². The maximum atomic E-state index is 11.5. The highest BCUT2D eigenvalue weighted by Crippen LogP contribution is 2.21. The number of halogens is 1. The van der Waals surface area contributed by atoms with Gasteiger partial charge in [-0.2, -0.15) is 0 Å². The number of carbonyl (C=O) groups excluding carboxylic acids is 1. The first kappa shape index (κ1) is 12.1. The zero-order valence-electron chi connectivity index (χ0n) is 8.85. The Morgan fingerprint density at radius 3 is 2.65 bits per heavy atom. The normalized spacial score (nSPS) is 9.94. The van der Waals surface area contributed by atoms with E-state index in [4.69, 9.17) is 4.74 Å². The molecular weight excluding hydrogens is 302 g/mol. The minimum Gasteiger partial charge on any atom is -0.410 e. The Labute approximate surface area is 112 Å². The van der Waals surface area contributed by atoms with E-state index in [1.807, 2.05) is 30.3 Å². The number of rotatable bonds is 3. The third-order valence-corrected chi connectivity index (χ3v) is 3.61. The van der Waals surface area contributed by atoms with Gasteiger partial charge in [-0.15, -0.1) is 11.3 Å². The van der Waals surface area contributed by atoms with Crippen LogP contribution in [-0.2, 0) is 6.54 Å². The topological polar surface area (TPSA) is 38.3 Å². The van der Waals surface area contributed by atoms with Crippen LogP contribution in [0, 0.1) is 0 Å². The van der Waals surface area contributed by atoms with Crippen molar-refractivity contribution in [3.8, 4) is 5.75 Å². The maximum absolute atomic E-state index is 11.5. The van der Waals surface area contributed by atoms with Gasteiger partial charge in [-0.1, -0.05) is 18.2 Å². The van der Waals surface area contributed by atoms with E-state index in [1.54, 1.807) is 23.5 Å². The molecule has 0 atom stereocenters. The van der Waals surface area contributed by atoms with Crippen molar-refractivity contribution in [2.45, 2.75) is 6.54 Å². The lowest BCUT2D eigenvalue weighted by Gasteiger charge is -2.04. The van der Waals surface area contributed by atoms with Crippen LogP contribution in [0.25, 0.3) is 0 Å². The standard InChI is InChI=1S/C12H10BrNO2S/c13-11-7-6-10(17-11)8-14-12(15)16-9-4-2-1-3-5-9/h1-7H,8H2,(H,14,15). The summed E-state index contributed by atoms with van der Waals surface area (Å²) in [6.07, 6.45) is -0.444. The molecule has 0 radical (unpaired) electrons. The summed E-state index contributed by atoms with van der Waals surface area (Å²) in [7, 11) is 0. The van der Waals surface area contributed by atoms with Gasteiger partial charge < -0.3 is 10.1 Å². The van der Waals surface area contributed by atoms with E-state index in [0.717, 1.165) is 8.66 Å². The number of hydrogen-bond donors (Lipinski definition) is 1. The highest BCUT2D eigenvalue weighted by Gasteiger charge is 2.04. The largest absolute Gasteiger partial charge is 0.412 e. The fraction of sp³-hybridized carbons (Fsp3) is 0.0833. The van der Waals surface area contributed by atoms with E-state index >= 15 is 0 Å². The summed E-state index contributed by atoms with van der Waals surface area (Å²) < 4.78 is 6.13. The van der Waals surface area contributed by atoms with Gasteiger partial charge in [-0.05, 0) is 40.2 Å². The minimum atomic E-state index is -0.444. The van der Waals surface area contributed by atoms with Gasteiger partial charge in [0.15, 0.2) is 0 Å². The van der Waals surface area contributed by atoms with Crippen LogP contribution < -0.4 is 10.1 Å². The van der Waals surface area contributed by atoms with E-state index in [1.165, 1.54) is 0 Å². The number of thiophene rings is 1. The Balaban J connectivity index is 1.82. The molecule has 17 heavy (non-hydrogen) atoms. The van der Waals surface area contributed by atoms with Crippen LogP contribution in [0.2, 0.25) is 0 Å². The van der Waals surface area contributed by atoms with Crippen LogP contribution >= 0.6 is 27.3 Å². The Kier molecular flexibility index (Phi) is 4.17. The summed E-state index contributed by atoms with van der Waals surface area (Å²) >= 11 is 4.95. The third kappa shape index (κ3) is 3.87. The lowest BCUT2D eigenvalue weighted by molar-refractivity contribution is 0.200. The molecule has 0 aliphatic carbocycles. The monoisotopic (exact) mass is 311 g/mol. The first-order valence-corrected chi connectivity index (χ1v) is 6.60. The number of ether oxygens (including phenoxy) is 1. The average Bonchev–Trinajstić information content (AvgIpc) is 2.74. The highest BCUT2D eigenvalue weighted by molar-refractivity contribution is 9.11. The minimum absolute atomic E-state index is 0.444. The van der Waals surface area contributed by atoms with Crippen molar-refractivity contribution in [1.29, 1.82) is 0 Å². The second kappa shape index (κ2) is 5.84. The van der Waals surface area contributed by atoms with E-state index in [2.05, 4.69) is 21.2 Å².